The van der Waals surface area contributed by atoms with Crippen LogP contribution in [-0.2, 0) is 11.3 Å². The molecule has 1 amide bonds. The number of rotatable bonds is 7. The number of alkyl halides is 3. The molecule has 11 heteroatoms. The standard InChI is InChI=1S/C20H30F3N5O2.HI/c1-4-24-19(28-11-9-27(10-12-28)15(2)20(21,22)23)26-14-18(29)25-13-16-5-7-17(30-3)8-6-16;/h5-8,15H,4,9-14H2,1-3H3,(H,24,26)(H,25,29);1H. The minimum Gasteiger partial charge on any atom is -0.497 e. The van der Waals surface area contributed by atoms with E-state index in [0.717, 1.165) is 11.3 Å². The highest BCUT2D eigenvalue weighted by Crippen LogP contribution is 2.25. The van der Waals surface area contributed by atoms with Crippen LogP contribution in [0.3, 0.4) is 0 Å². The number of nitrogens with zero attached hydrogens (tertiary/aromatic N) is 3. The first-order valence-corrected chi connectivity index (χ1v) is 9.98. The van der Waals surface area contributed by atoms with E-state index < -0.39 is 12.2 Å². The Balaban J connectivity index is 0.00000480. The van der Waals surface area contributed by atoms with E-state index in [1.165, 1.54) is 11.8 Å². The summed E-state index contributed by atoms with van der Waals surface area (Å²) < 4.78 is 43.8. The zero-order chi connectivity index (χ0) is 22.1. The molecule has 31 heavy (non-hydrogen) atoms. The fourth-order valence-electron chi connectivity index (χ4n) is 3.10. The van der Waals surface area contributed by atoms with Gasteiger partial charge in [-0.15, -0.1) is 24.0 Å². The minimum absolute atomic E-state index is 0. The van der Waals surface area contributed by atoms with Crippen LogP contribution in [0.2, 0.25) is 0 Å². The number of nitrogens with one attached hydrogen (secondary N) is 2. The molecule has 176 valence electrons. The second kappa shape index (κ2) is 12.9. The number of carbonyl (C=O) groups excluding carboxylic acids is 1. The Labute approximate surface area is 198 Å². The van der Waals surface area contributed by atoms with Gasteiger partial charge in [0.2, 0.25) is 5.91 Å². The number of piperazine rings is 1. The van der Waals surface area contributed by atoms with E-state index in [1.807, 2.05) is 36.1 Å². The molecule has 0 saturated carbocycles. The molecule has 1 fully saturated rings. The quantitative estimate of drug-likeness (QED) is 0.307. The largest absolute Gasteiger partial charge is 0.497 e. The summed E-state index contributed by atoms with van der Waals surface area (Å²) in [5.74, 6) is 1.05. The lowest BCUT2D eigenvalue weighted by Crippen LogP contribution is -2.56. The molecule has 1 atom stereocenters. The number of carbonyl (C=O) groups is 1. The van der Waals surface area contributed by atoms with Gasteiger partial charge >= 0.3 is 6.18 Å². The summed E-state index contributed by atoms with van der Waals surface area (Å²) in [5.41, 5.74) is 0.940. The number of ether oxygens (including phenoxy) is 1. The highest BCUT2D eigenvalue weighted by Gasteiger charge is 2.41. The minimum atomic E-state index is -4.23. The summed E-state index contributed by atoms with van der Waals surface area (Å²) in [7, 11) is 1.59. The number of halogens is 4. The maximum absolute atomic E-state index is 12.9. The summed E-state index contributed by atoms with van der Waals surface area (Å²) in [5, 5.41) is 5.92. The SMILES string of the molecule is CCNC(=NCC(=O)NCc1ccc(OC)cc1)N1CCN(C(C)C(F)(F)F)CC1.I. The molecule has 1 aromatic rings. The van der Waals surface area contributed by atoms with Crippen molar-refractivity contribution < 1.29 is 22.7 Å². The van der Waals surface area contributed by atoms with Gasteiger partial charge in [0.05, 0.1) is 7.11 Å². The van der Waals surface area contributed by atoms with Crippen molar-refractivity contribution in [1.82, 2.24) is 20.4 Å². The zero-order valence-electron chi connectivity index (χ0n) is 18.0. The highest BCUT2D eigenvalue weighted by molar-refractivity contribution is 14.0. The molecule has 1 aromatic carbocycles. The summed E-state index contributed by atoms with van der Waals surface area (Å²) >= 11 is 0. The van der Waals surface area contributed by atoms with Gasteiger partial charge in [0.15, 0.2) is 5.96 Å². The number of aliphatic imine (C=N–C) groups is 1. The Morgan fingerprint density at radius 3 is 2.29 bits per heavy atom. The predicted octanol–water partition coefficient (Wildman–Crippen LogP) is 2.46. The first-order chi connectivity index (χ1) is 14.2. The monoisotopic (exact) mass is 557 g/mol. The third kappa shape index (κ3) is 8.71. The van der Waals surface area contributed by atoms with E-state index in [-0.39, 0.29) is 49.5 Å². The van der Waals surface area contributed by atoms with Gasteiger partial charge in [-0.05, 0) is 31.5 Å². The van der Waals surface area contributed by atoms with Crippen molar-refractivity contribution >= 4 is 35.8 Å². The molecule has 1 aliphatic heterocycles. The first kappa shape index (κ1) is 27.3. The van der Waals surface area contributed by atoms with E-state index in [4.69, 9.17) is 4.74 Å². The molecule has 1 unspecified atom stereocenters. The number of hydrogen-bond acceptors (Lipinski definition) is 4. The maximum atomic E-state index is 12.9. The van der Waals surface area contributed by atoms with Crippen LogP contribution < -0.4 is 15.4 Å². The molecule has 1 heterocycles. The Hall–Kier alpha value is -1.76. The average molecular weight is 557 g/mol. The number of methoxy groups -OCH3 is 1. The highest BCUT2D eigenvalue weighted by atomic mass is 127. The Bertz CT molecular complexity index is 708. The van der Waals surface area contributed by atoms with Gasteiger partial charge in [0.1, 0.15) is 18.3 Å². The number of guanidine groups is 1. The van der Waals surface area contributed by atoms with Crippen molar-refractivity contribution in [2.75, 3.05) is 46.4 Å². The van der Waals surface area contributed by atoms with E-state index in [9.17, 15) is 18.0 Å². The molecule has 2 rings (SSSR count). The van der Waals surface area contributed by atoms with E-state index >= 15 is 0 Å². The van der Waals surface area contributed by atoms with Gasteiger partial charge < -0.3 is 20.3 Å². The fourth-order valence-corrected chi connectivity index (χ4v) is 3.10. The van der Waals surface area contributed by atoms with Crippen LogP contribution >= 0.6 is 24.0 Å². The molecule has 0 spiro atoms. The molecule has 1 saturated heterocycles. The van der Waals surface area contributed by atoms with Crippen LogP contribution in [-0.4, -0.2) is 80.3 Å². The lowest BCUT2D eigenvalue weighted by molar-refractivity contribution is -0.181. The first-order valence-electron chi connectivity index (χ1n) is 9.98. The molecule has 0 aromatic heterocycles. The van der Waals surface area contributed by atoms with Crippen LogP contribution in [0.25, 0.3) is 0 Å². The van der Waals surface area contributed by atoms with Gasteiger partial charge in [0, 0.05) is 39.3 Å². The third-order valence-corrected chi connectivity index (χ3v) is 4.99. The van der Waals surface area contributed by atoms with Crippen LogP contribution in [0, 0.1) is 0 Å². The van der Waals surface area contributed by atoms with Crippen molar-refractivity contribution in [3.8, 4) is 5.75 Å². The molecule has 7 nitrogen and oxygen atoms in total. The van der Waals surface area contributed by atoms with Gasteiger partial charge in [-0.25, -0.2) is 4.99 Å². The van der Waals surface area contributed by atoms with Crippen molar-refractivity contribution in [1.29, 1.82) is 0 Å². The number of amides is 1. The second-order valence-corrected chi connectivity index (χ2v) is 7.04. The smallest absolute Gasteiger partial charge is 0.403 e. The normalized spacial score (nSPS) is 16.3. The summed E-state index contributed by atoms with van der Waals surface area (Å²) in [6, 6.07) is 5.91. The summed E-state index contributed by atoms with van der Waals surface area (Å²) in [6.45, 7) is 5.42. The second-order valence-electron chi connectivity index (χ2n) is 7.04. The topological polar surface area (TPSA) is 69.2 Å². The lowest BCUT2D eigenvalue weighted by Gasteiger charge is -2.39. The van der Waals surface area contributed by atoms with Gasteiger partial charge in [-0.3, -0.25) is 9.69 Å². The van der Waals surface area contributed by atoms with Crippen LogP contribution in [0.5, 0.6) is 5.75 Å². The van der Waals surface area contributed by atoms with Crippen molar-refractivity contribution in [2.24, 2.45) is 4.99 Å². The molecular formula is C20H31F3IN5O2. The van der Waals surface area contributed by atoms with Crippen LogP contribution in [0.1, 0.15) is 19.4 Å². The zero-order valence-corrected chi connectivity index (χ0v) is 20.4. The fraction of sp³-hybridized carbons (Fsp3) is 0.600. The van der Waals surface area contributed by atoms with Gasteiger partial charge in [0.25, 0.3) is 0 Å². The molecule has 0 aliphatic carbocycles. The molecule has 2 N–H and O–H groups in total. The average Bonchev–Trinajstić information content (AvgIpc) is 2.74. The Morgan fingerprint density at radius 2 is 1.77 bits per heavy atom. The lowest BCUT2D eigenvalue weighted by atomic mass is 10.2. The van der Waals surface area contributed by atoms with E-state index in [1.54, 1.807) is 7.11 Å². The molecular weight excluding hydrogens is 526 g/mol. The summed E-state index contributed by atoms with van der Waals surface area (Å²) in [6.07, 6.45) is -4.23. The van der Waals surface area contributed by atoms with Crippen molar-refractivity contribution in [3.63, 3.8) is 0 Å². The molecule has 0 radical (unpaired) electrons. The van der Waals surface area contributed by atoms with Crippen molar-refractivity contribution in [2.45, 2.75) is 32.6 Å². The Kier molecular flexibility index (Phi) is 11.4. The van der Waals surface area contributed by atoms with Crippen LogP contribution in [0.4, 0.5) is 13.2 Å². The third-order valence-electron chi connectivity index (χ3n) is 4.99. The van der Waals surface area contributed by atoms with Gasteiger partial charge in [-0.1, -0.05) is 12.1 Å². The van der Waals surface area contributed by atoms with Gasteiger partial charge in [-0.2, -0.15) is 13.2 Å². The van der Waals surface area contributed by atoms with Crippen LogP contribution in [0.15, 0.2) is 29.3 Å². The van der Waals surface area contributed by atoms with E-state index in [0.29, 0.717) is 32.1 Å². The molecule has 1 aliphatic rings. The predicted molar refractivity (Wildman–Crippen MR) is 125 cm³/mol. The van der Waals surface area contributed by atoms with Crippen molar-refractivity contribution in [3.05, 3.63) is 29.8 Å². The molecule has 0 bridgehead atoms. The Morgan fingerprint density at radius 1 is 1.16 bits per heavy atom. The summed E-state index contributed by atoms with van der Waals surface area (Å²) in [4.78, 5) is 19.8. The number of hydrogen-bond donors (Lipinski definition) is 2. The van der Waals surface area contributed by atoms with E-state index in [2.05, 4.69) is 15.6 Å². The number of benzene rings is 1. The maximum Gasteiger partial charge on any atom is 0.403 e.